The Hall–Kier alpha value is -2.15. The summed E-state index contributed by atoms with van der Waals surface area (Å²) < 4.78 is 61.4. The van der Waals surface area contributed by atoms with Gasteiger partial charge in [0.05, 0.1) is 4.90 Å². The fourth-order valence-corrected chi connectivity index (χ4v) is 2.17. The summed E-state index contributed by atoms with van der Waals surface area (Å²) >= 11 is 0. The summed E-state index contributed by atoms with van der Waals surface area (Å²) in [7, 11) is -9.00. The largest absolute Gasteiger partial charge is 0.330 e. The molecule has 0 saturated heterocycles. The Morgan fingerprint density at radius 1 is 1.05 bits per heavy atom. The number of rotatable bonds is 4. The van der Waals surface area contributed by atoms with E-state index in [-0.39, 0.29) is 16.5 Å². The Balaban J connectivity index is 2.35. The van der Waals surface area contributed by atoms with Crippen LogP contribution in [0.3, 0.4) is 0 Å². The first-order valence-corrected chi connectivity index (χ1v) is 7.98. The van der Waals surface area contributed by atoms with Gasteiger partial charge in [0, 0.05) is 5.69 Å². The first-order valence-electron chi connectivity index (χ1n) is 5.10. The normalized spacial score (nSPS) is 12.1. The minimum absolute atomic E-state index is 0.158. The monoisotopic (exact) mass is 331 g/mol. The van der Waals surface area contributed by atoms with E-state index in [2.05, 4.69) is 20.3 Å². The van der Waals surface area contributed by atoms with E-state index in [1.165, 1.54) is 12.1 Å². The average Bonchev–Trinajstić information content (AvgIpc) is 2.37. The van der Waals surface area contributed by atoms with Crippen LogP contribution >= 0.6 is 0 Å². The number of benzene rings is 1. The SMILES string of the molecule is O=S(=O)(O)c1cccc(Nc2n[c]nc(S(=O)(=O)O)n2)c1. The minimum atomic E-state index is -4.62. The van der Waals surface area contributed by atoms with Gasteiger partial charge in [-0.25, -0.2) is 0 Å². The number of hydrogen-bond donors (Lipinski definition) is 3. The molecule has 3 N–H and O–H groups in total. The third-order valence-electron chi connectivity index (χ3n) is 2.12. The van der Waals surface area contributed by atoms with Crippen molar-refractivity contribution >= 4 is 31.9 Å². The van der Waals surface area contributed by atoms with Gasteiger partial charge in [-0.1, -0.05) is 6.07 Å². The van der Waals surface area contributed by atoms with Gasteiger partial charge in [-0.2, -0.15) is 31.8 Å². The Labute approximate surface area is 119 Å². The fraction of sp³-hybridized carbons (Fsp3) is 0. The van der Waals surface area contributed by atoms with Crippen LogP contribution in [0.5, 0.6) is 0 Å². The molecule has 1 heterocycles. The van der Waals surface area contributed by atoms with E-state index in [1.807, 2.05) is 6.33 Å². The molecule has 0 aliphatic carbocycles. The zero-order valence-electron chi connectivity index (χ0n) is 9.99. The highest BCUT2D eigenvalue weighted by Crippen LogP contribution is 2.18. The third-order valence-corrected chi connectivity index (χ3v) is 3.62. The van der Waals surface area contributed by atoms with Gasteiger partial charge in [-0.05, 0) is 18.2 Å². The average molecular weight is 331 g/mol. The van der Waals surface area contributed by atoms with Gasteiger partial charge in [-0.15, -0.1) is 0 Å². The van der Waals surface area contributed by atoms with Crippen LogP contribution in [0.25, 0.3) is 0 Å². The van der Waals surface area contributed by atoms with Crippen molar-refractivity contribution in [1.82, 2.24) is 15.0 Å². The van der Waals surface area contributed by atoms with Crippen molar-refractivity contribution in [2.45, 2.75) is 10.1 Å². The lowest BCUT2D eigenvalue weighted by Gasteiger charge is -2.05. The maximum Gasteiger partial charge on any atom is 0.330 e. The molecule has 0 spiro atoms. The molecule has 1 aromatic heterocycles. The van der Waals surface area contributed by atoms with Crippen LogP contribution in [0.2, 0.25) is 0 Å². The minimum Gasteiger partial charge on any atom is -0.324 e. The predicted molar refractivity (Wildman–Crippen MR) is 68.0 cm³/mol. The quantitative estimate of drug-likeness (QED) is 0.646. The highest BCUT2D eigenvalue weighted by Gasteiger charge is 2.15. The second-order valence-electron chi connectivity index (χ2n) is 3.64. The number of anilines is 2. The van der Waals surface area contributed by atoms with Crippen molar-refractivity contribution in [3.05, 3.63) is 30.6 Å². The van der Waals surface area contributed by atoms with Crippen molar-refractivity contribution in [1.29, 1.82) is 0 Å². The van der Waals surface area contributed by atoms with Crippen LogP contribution in [0.4, 0.5) is 11.6 Å². The van der Waals surface area contributed by atoms with Gasteiger partial charge >= 0.3 is 10.1 Å². The Bertz CT molecular complexity index is 807. The molecule has 0 aliphatic rings. The molecule has 0 aliphatic heterocycles. The van der Waals surface area contributed by atoms with Crippen LogP contribution in [0, 0.1) is 6.33 Å². The maximum absolute atomic E-state index is 11.0. The zero-order chi connectivity index (χ0) is 15.7. The summed E-state index contributed by atoms with van der Waals surface area (Å²) in [6.45, 7) is 0. The second-order valence-corrected chi connectivity index (χ2v) is 6.38. The maximum atomic E-state index is 11.0. The molecule has 2 aromatic rings. The second kappa shape index (κ2) is 5.33. The molecule has 1 aromatic carbocycles. The molecule has 0 bridgehead atoms. The molecule has 111 valence electrons. The first kappa shape index (κ1) is 15.2. The molecule has 1 radical (unpaired) electrons. The molecular weight excluding hydrogens is 324 g/mol. The molecule has 0 atom stereocenters. The highest BCUT2D eigenvalue weighted by molar-refractivity contribution is 7.86. The molecule has 10 nitrogen and oxygen atoms in total. The van der Waals surface area contributed by atoms with Crippen molar-refractivity contribution in [3.63, 3.8) is 0 Å². The molecule has 2 rings (SSSR count). The van der Waals surface area contributed by atoms with Gasteiger partial charge in [-0.3, -0.25) is 9.11 Å². The fourth-order valence-electron chi connectivity index (χ4n) is 1.29. The van der Waals surface area contributed by atoms with Crippen LogP contribution in [-0.4, -0.2) is 40.9 Å². The third kappa shape index (κ3) is 3.91. The number of hydrogen-bond acceptors (Lipinski definition) is 8. The van der Waals surface area contributed by atoms with Crippen molar-refractivity contribution in [2.24, 2.45) is 0 Å². The Kier molecular flexibility index (Phi) is 3.87. The van der Waals surface area contributed by atoms with Crippen LogP contribution in [0.1, 0.15) is 0 Å². The van der Waals surface area contributed by atoms with Gasteiger partial charge in [0.25, 0.3) is 15.3 Å². The molecule has 0 saturated carbocycles. The molecule has 0 fully saturated rings. The van der Waals surface area contributed by atoms with Gasteiger partial charge < -0.3 is 5.32 Å². The molecule has 0 amide bonds. The summed E-state index contributed by atoms with van der Waals surface area (Å²) in [4.78, 5) is 9.68. The van der Waals surface area contributed by atoms with E-state index in [0.717, 1.165) is 12.1 Å². The summed E-state index contributed by atoms with van der Waals surface area (Å²) in [5.41, 5.74) is 0.158. The number of aromatic nitrogens is 3. The van der Waals surface area contributed by atoms with Crippen LogP contribution in [0.15, 0.2) is 34.3 Å². The van der Waals surface area contributed by atoms with Crippen molar-refractivity contribution in [2.75, 3.05) is 5.32 Å². The number of nitrogens with zero attached hydrogens (tertiary/aromatic N) is 3. The molecule has 0 unspecified atom stereocenters. The standard InChI is InChI=1S/C9H7N4O6S2/c14-20(15,16)7-3-1-2-6(4-7)12-8-10-5-11-9(13-8)21(17,18)19/h1-4H,(H,14,15,16)(H,17,18,19)(H,10,11,12,13). The number of nitrogens with one attached hydrogen (secondary N) is 1. The smallest absolute Gasteiger partial charge is 0.324 e. The van der Waals surface area contributed by atoms with Gasteiger partial charge in [0.15, 0.2) is 0 Å². The van der Waals surface area contributed by atoms with Crippen molar-refractivity contribution < 1.29 is 25.9 Å². The summed E-state index contributed by atoms with van der Waals surface area (Å²) in [6, 6.07) is 4.99. The Morgan fingerprint density at radius 3 is 2.38 bits per heavy atom. The predicted octanol–water partition coefficient (Wildman–Crippen LogP) is -0.0912. The Morgan fingerprint density at radius 2 is 1.76 bits per heavy atom. The van der Waals surface area contributed by atoms with Crippen molar-refractivity contribution in [3.8, 4) is 0 Å². The van der Waals surface area contributed by atoms with E-state index < -0.39 is 25.4 Å². The van der Waals surface area contributed by atoms with Gasteiger partial charge in [0.2, 0.25) is 12.3 Å². The first-order chi connectivity index (χ1) is 9.66. The van der Waals surface area contributed by atoms with Crippen LogP contribution in [-0.2, 0) is 20.2 Å². The van der Waals surface area contributed by atoms with E-state index >= 15 is 0 Å². The zero-order valence-corrected chi connectivity index (χ0v) is 11.6. The molecule has 12 heteroatoms. The topological polar surface area (TPSA) is 159 Å². The lowest BCUT2D eigenvalue weighted by atomic mass is 10.3. The lowest BCUT2D eigenvalue weighted by Crippen LogP contribution is -2.08. The highest BCUT2D eigenvalue weighted by atomic mass is 32.2. The summed E-state index contributed by atoms with van der Waals surface area (Å²) in [6.07, 6.45) is 1.97. The van der Waals surface area contributed by atoms with E-state index in [0.29, 0.717) is 0 Å². The summed E-state index contributed by atoms with van der Waals surface area (Å²) in [5, 5.41) is 1.57. The lowest BCUT2D eigenvalue weighted by molar-refractivity contribution is 0.473. The summed E-state index contributed by atoms with van der Waals surface area (Å²) in [5.74, 6) is -0.287. The van der Waals surface area contributed by atoms with Crippen LogP contribution < -0.4 is 5.32 Å². The molecular formula is C9H7N4O6S2. The van der Waals surface area contributed by atoms with E-state index in [1.54, 1.807) is 0 Å². The van der Waals surface area contributed by atoms with E-state index in [4.69, 9.17) is 9.11 Å². The molecule has 21 heavy (non-hydrogen) atoms. The van der Waals surface area contributed by atoms with E-state index in [9.17, 15) is 16.8 Å². The van der Waals surface area contributed by atoms with Gasteiger partial charge in [0.1, 0.15) is 0 Å².